The summed E-state index contributed by atoms with van der Waals surface area (Å²) in [6.45, 7) is 5.74. The van der Waals surface area contributed by atoms with Crippen molar-refractivity contribution in [3.8, 4) is 11.8 Å². The van der Waals surface area contributed by atoms with Crippen molar-refractivity contribution in [1.29, 1.82) is 0 Å². The van der Waals surface area contributed by atoms with Gasteiger partial charge < -0.3 is 17.3 Å². The first-order valence-electron chi connectivity index (χ1n) is 6.42. The highest BCUT2D eigenvalue weighted by Gasteiger charge is 2.17. The molecule has 0 aliphatic carbocycles. The second-order valence-corrected chi connectivity index (χ2v) is 5.87. The Morgan fingerprint density at radius 1 is 1.32 bits per heavy atom. The molecule has 2 rings (SSSR count). The molecule has 1 aromatic rings. The van der Waals surface area contributed by atoms with Crippen LogP contribution in [0.4, 0.5) is 0 Å². The van der Waals surface area contributed by atoms with E-state index in [1.807, 2.05) is 12.1 Å². The molecule has 0 spiro atoms. The maximum atomic E-state index is 5.96. The Kier molecular flexibility index (Phi) is 7.04. The van der Waals surface area contributed by atoms with Crippen LogP contribution >= 0.6 is 23.2 Å². The molecule has 104 valence electrons. The molecule has 0 saturated carbocycles. The predicted octanol–water partition coefficient (Wildman–Crippen LogP) is -0.336. The highest BCUT2D eigenvalue weighted by Crippen LogP contribution is 2.21. The van der Waals surface area contributed by atoms with Gasteiger partial charge in [0.1, 0.15) is 6.54 Å². The number of halogens is 3. The first-order chi connectivity index (χ1) is 8.65. The van der Waals surface area contributed by atoms with Crippen LogP contribution in [0.3, 0.4) is 0 Å². The summed E-state index contributed by atoms with van der Waals surface area (Å²) in [5.74, 6) is 7.24. The molecular formula is C15H18Cl3N. The normalized spacial score (nSPS) is 22.1. The van der Waals surface area contributed by atoms with Crippen LogP contribution in [0.1, 0.15) is 25.3 Å². The second kappa shape index (κ2) is 8.02. The molecule has 1 aromatic carbocycles. The van der Waals surface area contributed by atoms with Crippen molar-refractivity contribution in [2.24, 2.45) is 5.92 Å². The van der Waals surface area contributed by atoms with Crippen LogP contribution in [0.15, 0.2) is 18.2 Å². The van der Waals surface area contributed by atoms with Gasteiger partial charge in [0.15, 0.2) is 0 Å². The van der Waals surface area contributed by atoms with Crippen LogP contribution in [0, 0.1) is 17.8 Å². The van der Waals surface area contributed by atoms with E-state index in [0.717, 1.165) is 18.0 Å². The first kappa shape index (κ1) is 16.7. The van der Waals surface area contributed by atoms with Gasteiger partial charge in [-0.15, -0.1) is 0 Å². The second-order valence-electron chi connectivity index (χ2n) is 5.06. The van der Waals surface area contributed by atoms with Crippen LogP contribution in [-0.4, -0.2) is 19.6 Å². The lowest BCUT2D eigenvalue weighted by atomic mass is 10.0. The van der Waals surface area contributed by atoms with Gasteiger partial charge in [0.05, 0.1) is 23.1 Å². The van der Waals surface area contributed by atoms with Crippen LogP contribution in [0.2, 0.25) is 10.0 Å². The molecule has 4 heteroatoms. The van der Waals surface area contributed by atoms with E-state index in [0.29, 0.717) is 10.0 Å². The minimum atomic E-state index is 0. The van der Waals surface area contributed by atoms with Crippen molar-refractivity contribution in [2.75, 3.05) is 19.6 Å². The lowest BCUT2D eigenvalue weighted by Gasteiger charge is -2.26. The average Bonchev–Trinajstić information content (AvgIpc) is 2.34. The average molecular weight is 319 g/mol. The number of benzene rings is 1. The van der Waals surface area contributed by atoms with Gasteiger partial charge in [-0.2, -0.15) is 0 Å². The van der Waals surface area contributed by atoms with Gasteiger partial charge >= 0.3 is 0 Å². The quantitative estimate of drug-likeness (QED) is 0.676. The summed E-state index contributed by atoms with van der Waals surface area (Å²) in [7, 11) is 0. The number of hydrogen-bond donors (Lipinski definition) is 1. The van der Waals surface area contributed by atoms with Crippen molar-refractivity contribution >= 4 is 23.2 Å². The molecule has 1 nitrogen and oxygen atoms in total. The molecule has 0 bridgehead atoms. The lowest BCUT2D eigenvalue weighted by Crippen LogP contribution is -3.13. The van der Waals surface area contributed by atoms with Gasteiger partial charge in [-0.05, 0) is 37.0 Å². The third-order valence-corrected chi connectivity index (χ3v) is 4.09. The summed E-state index contributed by atoms with van der Waals surface area (Å²) >= 11 is 11.8. The molecule has 0 aromatic heterocycles. The van der Waals surface area contributed by atoms with Gasteiger partial charge in [-0.3, -0.25) is 0 Å². The zero-order valence-corrected chi connectivity index (χ0v) is 13.2. The van der Waals surface area contributed by atoms with Gasteiger partial charge in [0, 0.05) is 11.5 Å². The number of hydrogen-bond acceptors (Lipinski definition) is 0. The molecule has 1 saturated heterocycles. The molecule has 1 heterocycles. The van der Waals surface area contributed by atoms with Crippen molar-refractivity contribution < 1.29 is 17.3 Å². The molecule has 1 aliphatic heterocycles. The van der Waals surface area contributed by atoms with Crippen LogP contribution < -0.4 is 17.3 Å². The van der Waals surface area contributed by atoms with Gasteiger partial charge in [-0.25, -0.2) is 0 Å². The SMILES string of the molecule is CC1CCC[NH+](CC#Cc2ccc(Cl)c(Cl)c2)C1.[Cl-]. The third-order valence-electron chi connectivity index (χ3n) is 3.36. The summed E-state index contributed by atoms with van der Waals surface area (Å²) in [6.07, 6.45) is 2.69. The summed E-state index contributed by atoms with van der Waals surface area (Å²) in [5, 5.41) is 1.15. The van der Waals surface area contributed by atoms with Gasteiger partial charge in [0.25, 0.3) is 0 Å². The van der Waals surface area contributed by atoms with E-state index in [9.17, 15) is 0 Å². The summed E-state index contributed by atoms with van der Waals surface area (Å²) in [4.78, 5) is 1.60. The minimum Gasteiger partial charge on any atom is -1.00 e. The van der Waals surface area contributed by atoms with Gasteiger partial charge in [0.2, 0.25) is 0 Å². The lowest BCUT2D eigenvalue weighted by molar-refractivity contribution is -0.901. The number of nitrogens with one attached hydrogen (secondary N) is 1. The van der Waals surface area contributed by atoms with E-state index in [4.69, 9.17) is 23.2 Å². The molecule has 2 unspecified atom stereocenters. The zero-order chi connectivity index (χ0) is 13.0. The minimum absolute atomic E-state index is 0. The fourth-order valence-corrected chi connectivity index (χ4v) is 2.70. The van der Waals surface area contributed by atoms with E-state index < -0.39 is 0 Å². The van der Waals surface area contributed by atoms with Crippen molar-refractivity contribution in [3.63, 3.8) is 0 Å². The number of likely N-dealkylation sites (tertiary alicyclic amines) is 1. The molecule has 19 heavy (non-hydrogen) atoms. The van der Waals surface area contributed by atoms with E-state index in [-0.39, 0.29) is 12.4 Å². The van der Waals surface area contributed by atoms with Crippen molar-refractivity contribution in [1.82, 2.24) is 0 Å². The van der Waals surface area contributed by atoms with E-state index in [2.05, 4.69) is 18.8 Å². The maximum Gasteiger partial charge on any atom is 0.139 e. The van der Waals surface area contributed by atoms with Gasteiger partial charge in [-0.1, -0.05) is 36.0 Å². The number of piperidine rings is 1. The summed E-state index contributed by atoms with van der Waals surface area (Å²) in [6, 6.07) is 5.53. The fraction of sp³-hybridized carbons (Fsp3) is 0.467. The van der Waals surface area contributed by atoms with Crippen LogP contribution in [-0.2, 0) is 0 Å². The van der Waals surface area contributed by atoms with E-state index in [1.165, 1.54) is 25.9 Å². The Bertz CT molecular complexity index is 476. The Labute approximate surface area is 131 Å². The Balaban J connectivity index is 0.00000180. The smallest absolute Gasteiger partial charge is 0.139 e. The molecule has 1 aliphatic rings. The Morgan fingerprint density at radius 2 is 2.11 bits per heavy atom. The first-order valence-corrected chi connectivity index (χ1v) is 7.18. The predicted molar refractivity (Wildman–Crippen MR) is 77.3 cm³/mol. The molecule has 0 amide bonds. The molecule has 0 radical (unpaired) electrons. The Morgan fingerprint density at radius 3 is 2.79 bits per heavy atom. The number of rotatable bonds is 1. The molecule has 1 fully saturated rings. The van der Waals surface area contributed by atoms with Crippen LogP contribution in [0.5, 0.6) is 0 Å². The highest BCUT2D eigenvalue weighted by atomic mass is 35.5. The zero-order valence-electron chi connectivity index (χ0n) is 11.0. The third kappa shape index (κ3) is 5.24. The largest absolute Gasteiger partial charge is 1.00 e. The summed E-state index contributed by atoms with van der Waals surface area (Å²) < 4.78 is 0. The monoisotopic (exact) mass is 317 g/mol. The van der Waals surface area contributed by atoms with Crippen molar-refractivity contribution in [3.05, 3.63) is 33.8 Å². The van der Waals surface area contributed by atoms with Crippen LogP contribution in [0.25, 0.3) is 0 Å². The molecule has 1 N–H and O–H groups in total. The highest BCUT2D eigenvalue weighted by molar-refractivity contribution is 6.42. The fourth-order valence-electron chi connectivity index (χ4n) is 2.40. The Hall–Kier alpha value is -0.390. The number of quaternary nitrogens is 1. The molecule has 2 atom stereocenters. The standard InChI is InChI=1S/C15H17Cl2N.ClH/c1-12-4-2-8-18(11-12)9-3-5-13-6-7-14(16)15(17)10-13;/h6-7,10,12H,2,4,8-9,11H2,1H3;1H. The topological polar surface area (TPSA) is 4.44 Å². The molecular weight excluding hydrogens is 301 g/mol. The van der Waals surface area contributed by atoms with Crippen molar-refractivity contribution in [2.45, 2.75) is 19.8 Å². The maximum absolute atomic E-state index is 5.96. The van der Waals surface area contributed by atoms with E-state index >= 15 is 0 Å². The summed E-state index contributed by atoms with van der Waals surface area (Å²) in [5.41, 5.74) is 0.939. The van der Waals surface area contributed by atoms with E-state index in [1.54, 1.807) is 11.0 Å².